The van der Waals surface area contributed by atoms with E-state index < -0.39 is 0 Å². The van der Waals surface area contributed by atoms with E-state index >= 15 is 0 Å². The van der Waals surface area contributed by atoms with Gasteiger partial charge in [-0.25, -0.2) is 0 Å². The second-order valence-electron chi connectivity index (χ2n) is 17.0. The quantitative estimate of drug-likeness (QED) is 0.144. The van der Waals surface area contributed by atoms with E-state index in [1.165, 1.54) is 82.7 Å². The van der Waals surface area contributed by atoms with Gasteiger partial charge in [-0.15, -0.1) is 0 Å². The van der Waals surface area contributed by atoms with E-state index in [-0.39, 0.29) is 11.5 Å². The number of hydrogen-bond donors (Lipinski definition) is 0. The number of aromatic nitrogens is 3. The van der Waals surface area contributed by atoms with Crippen molar-refractivity contribution in [2.75, 3.05) is 0 Å². The number of rotatable bonds is 0. The van der Waals surface area contributed by atoms with Crippen LogP contribution in [-0.4, -0.2) is 4.40 Å². The van der Waals surface area contributed by atoms with E-state index in [0.29, 0.717) is 5.92 Å². The Bertz CT molecular complexity index is 3260. The topological polar surface area (TPSA) is 25.3 Å². The Labute approximate surface area is 319 Å². The SMILES string of the molecule is C=C1CC2C(CCc3cc4c(cc3-c3cc(C(C)(C)C)cc[n+]31)c1c3oc5ccccc5c3cc3c5ccccc5n4c31)c1ccccc1-c1cccc[n+]12. The summed E-state index contributed by atoms with van der Waals surface area (Å²) in [6, 6.07) is 45.5. The van der Waals surface area contributed by atoms with Crippen molar-refractivity contribution in [2.24, 2.45) is 0 Å². The van der Waals surface area contributed by atoms with Gasteiger partial charge in [-0.2, -0.15) is 9.13 Å². The Morgan fingerprint density at radius 1 is 0.691 bits per heavy atom. The number of aryl methyl sites for hydroxylation is 1. The highest BCUT2D eigenvalue weighted by molar-refractivity contribution is 6.33. The number of hydrogen-bond acceptors (Lipinski definition) is 1. The molecule has 55 heavy (non-hydrogen) atoms. The van der Waals surface area contributed by atoms with Crippen LogP contribution >= 0.6 is 0 Å². The third-order valence-corrected chi connectivity index (χ3v) is 13.0. The molecular weight excluding hydrogens is 671 g/mol. The third kappa shape index (κ3) is 4.23. The Morgan fingerprint density at radius 3 is 2.38 bits per heavy atom. The van der Waals surface area contributed by atoms with Crippen LogP contribution in [-0.2, 0) is 11.8 Å². The minimum Gasteiger partial charge on any atom is -0.455 e. The molecule has 4 nitrogen and oxygen atoms in total. The fraction of sp³-hybridized carbons (Fsp3) is 0.176. The minimum atomic E-state index is -0.0145. The lowest BCUT2D eigenvalue weighted by Crippen LogP contribution is -2.49. The zero-order valence-corrected chi connectivity index (χ0v) is 31.4. The molecule has 10 aromatic rings. The molecule has 2 aliphatic rings. The molecule has 7 heterocycles. The second-order valence-corrected chi connectivity index (χ2v) is 17.0. The fourth-order valence-electron chi connectivity index (χ4n) is 10.4. The van der Waals surface area contributed by atoms with Gasteiger partial charge in [-0.1, -0.05) is 75.4 Å². The molecule has 2 aliphatic heterocycles. The monoisotopic (exact) mass is 711 g/mol. The van der Waals surface area contributed by atoms with E-state index in [4.69, 9.17) is 11.0 Å². The van der Waals surface area contributed by atoms with E-state index in [1.807, 2.05) is 0 Å². The fourth-order valence-corrected chi connectivity index (χ4v) is 10.4. The van der Waals surface area contributed by atoms with Crippen molar-refractivity contribution in [3.05, 3.63) is 157 Å². The molecule has 0 amide bonds. The first kappa shape index (κ1) is 31.1. The van der Waals surface area contributed by atoms with Crippen LogP contribution in [0.4, 0.5) is 0 Å². The zero-order chi connectivity index (χ0) is 36.7. The Balaban J connectivity index is 1.19. The molecule has 0 spiro atoms. The van der Waals surface area contributed by atoms with E-state index in [1.54, 1.807) is 0 Å². The average Bonchev–Trinajstić information content (AvgIpc) is 3.85. The number of para-hydroxylation sites is 2. The third-order valence-electron chi connectivity index (χ3n) is 13.0. The average molecular weight is 712 g/mol. The van der Waals surface area contributed by atoms with Crippen molar-refractivity contribution < 1.29 is 13.6 Å². The molecule has 2 atom stereocenters. The van der Waals surface area contributed by atoms with Gasteiger partial charge >= 0.3 is 0 Å². The predicted molar refractivity (Wildman–Crippen MR) is 225 cm³/mol. The summed E-state index contributed by atoms with van der Waals surface area (Å²) in [5, 5.41) is 7.32. The van der Waals surface area contributed by atoms with Crippen LogP contribution in [0.15, 0.2) is 145 Å². The Morgan fingerprint density at radius 2 is 1.49 bits per heavy atom. The summed E-state index contributed by atoms with van der Waals surface area (Å²) in [6.45, 7) is 11.8. The molecule has 5 aromatic carbocycles. The molecule has 12 rings (SSSR count). The van der Waals surface area contributed by atoms with Gasteiger partial charge in [0.2, 0.25) is 11.4 Å². The van der Waals surface area contributed by atoms with E-state index in [0.717, 1.165) is 41.5 Å². The maximum atomic E-state index is 6.83. The first-order valence-electron chi connectivity index (χ1n) is 19.7. The predicted octanol–water partition coefficient (Wildman–Crippen LogP) is 12.1. The van der Waals surface area contributed by atoms with Gasteiger partial charge in [0.25, 0.3) is 0 Å². The van der Waals surface area contributed by atoms with Crippen molar-refractivity contribution in [1.29, 1.82) is 0 Å². The number of benzene rings is 5. The molecule has 0 fully saturated rings. The number of allylic oxidation sites excluding steroid dienone is 1. The van der Waals surface area contributed by atoms with Crippen LogP contribution in [0.5, 0.6) is 0 Å². The van der Waals surface area contributed by atoms with E-state index in [2.05, 4.69) is 168 Å². The lowest BCUT2D eigenvalue weighted by atomic mass is 9.77. The first-order chi connectivity index (χ1) is 26.8. The van der Waals surface area contributed by atoms with Gasteiger partial charge in [-0.3, -0.25) is 0 Å². The van der Waals surface area contributed by atoms with Crippen molar-refractivity contribution >= 4 is 65.7 Å². The Hall–Kier alpha value is -6.26. The maximum absolute atomic E-state index is 6.83. The zero-order valence-electron chi connectivity index (χ0n) is 31.4. The van der Waals surface area contributed by atoms with Crippen molar-refractivity contribution in [1.82, 2.24) is 4.40 Å². The highest BCUT2D eigenvalue weighted by atomic mass is 16.3. The van der Waals surface area contributed by atoms with Crippen LogP contribution in [0.1, 0.15) is 62.3 Å². The molecule has 264 valence electrons. The summed E-state index contributed by atoms with van der Waals surface area (Å²) in [6.07, 6.45) is 7.41. The lowest BCUT2D eigenvalue weighted by molar-refractivity contribution is -0.720. The van der Waals surface area contributed by atoms with Crippen LogP contribution in [0.3, 0.4) is 0 Å². The van der Waals surface area contributed by atoms with Crippen molar-refractivity contribution in [3.63, 3.8) is 0 Å². The van der Waals surface area contributed by atoms with Gasteiger partial charge in [0.1, 0.15) is 11.2 Å². The van der Waals surface area contributed by atoms with Gasteiger partial charge in [0, 0.05) is 62.7 Å². The van der Waals surface area contributed by atoms with Crippen LogP contribution in [0, 0.1) is 0 Å². The molecule has 0 radical (unpaired) electrons. The highest BCUT2D eigenvalue weighted by Crippen LogP contribution is 2.48. The van der Waals surface area contributed by atoms with Crippen molar-refractivity contribution in [3.8, 4) is 22.5 Å². The normalized spacial score (nSPS) is 17.2. The standard InChI is InChI=1S/C51H41N3O/c1-30-25-44-36(33-13-5-6-14-34(33)42-17-11-12-23-53(42)44)21-20-31-26-46-41(28-38(31)45-27-32(51(2,3)4)22-24-52(30)45)48-49-39(35-15-7-9-18-43(35)54(46)49)29-40-37-16-8-10-19-47(37)55-50(40)48/h5-19,22-24,26-29,36,44H,1,20-21,25H2,2-4H3/q+2. The number of pyridine rings is 2. The molecule has 0 aliphatic carbocycles. The summed E-state index contributed by atoms with van der Waals surface area (Å²) in [4.78, 5) is 0. The van der Waals surface area contributed by atoms with Crippen LogP contribution in [0.2, 0.25) is 0 Å². The molecule has 0 bridgehead atoms. The van der Waals surface area contributed by atoms with Gasteiger partial charge in [0.15, 0.2) is 24.1 Å². The molecule has 0 N–H and O–H groups in total. The van der Waals surface area contributed by atoms with Crippen LogP contribution < -0.4 is 9.13 Å². The van der Waals surface area contributed by atoms with Gasteiger partial charge in [0.05, 0.1) is 33.9 Å². The lowest BCUT2D eigenvalue weighted by Gasteiger charge is -2.31. The molecule has 0 saturated carbocycles. The molecule has 4 heteroatoms. The smallest absolute Gasteiger partial charge is 0.218 e. The molecule has 2 unspecified atom stereocenters. The number of fused-ring (bicyclic) bond motifs is 19. The van der Waals surface area contributed by atoms with Crippen LogP contribution in [0.25, 0.3) is 88.2 Å². The Kier molecular flexibility index (Phi) is 6.18. The van der Waals surface area contributed by atoms with E-state index in [9.17, 15) is 0 Å². The summed E-state index contributed by atoms with van der Waals surface area (Å²) in [5.74, 6) is 0.330. The van der Waals surface area contributed by atoms with Crippen molar-refractivity contribution in [2.45, 2.75) is 57.4 Å². The highest BCUT2D eigenvalue weighted by Gasteiger charge is 2.42. The largest absolute Gasteiger partial charge is 0.455 e. The second kappa shape index (κ2) is 10.9. The maximum Gasteiger partial charge on any atom is 0.218 e. The van der Waals surface area contributed by atoms with Gasteiger partial charge in [-0.05, 0) is 84.0 Å². The summed E-state index contributed by atoms with van der Waals surface area (Å²) < 4.78 is 14.3. The summed E-state index contributed by atoms with van der Waals surface area (Å²) >= 11 is 0. The first-order valence-corrected chi connectivity index (χ1v) is 19.7. The number of furan rings is 1. The molecule has 5 aromatic heterocycles. The summed E-state index contributed by atoms with van der Waals surface area (Å²) in [5.41, 5.74) is 16.0. The molecule has 0 saturated heterocycles. The minimum absolute atomic E-state index is 0.0145. The molecular formula is C51H41N3O+2. The van der Waals surface area contributed by atoms with Gasteiger partial charge < -0.3 is 8.82 Å². The number of nitrogens with zero attached hydrogens (tertiary/aromatic N) is 3. The summed E-state index contributed by atoms with van der Waals surface area (Å²) in [7, 11) is 0.